The van der Waals surface area contributed by atoms with Crippen molar-refractivity contribution in [3.05, 3.63) is 99.1 Å². The fraction of sp³-hybridized carbons (Fsp3) is 0.308. The Balaban J connectivity index is 1.17. The minimum atomic E-state index is -0.191. The standard InChI is InChI=1S/C26H26N2O4/c29-24-13-23(16-27-14-21-5-1-2-6-22(21)15-27)31-18-25(24)32-17-19-7-9-20(10-8-19)26(30)28-11-3-4-12-28/h1-2,5-10,13,18H,3-4,11-12,14-17H2. The lowest BCUT2D eigenvalue weighted by atomic mass is 10.1. The summed E-state index contributed by atoms with van der Waals surface area (Å²) >= 11 is 0. The molecule has 3 heterocycles. The van der Waals surface area contributed by atoms with Crippen molar-refractivity contribution in [1.82, 2.24) is 9.80 Å². The van der Waals surface area contributed by atoms with Gasteiger partial charge in [-0.1, -0.05) is 36.4 Å². The van der Waals surface area contributed by atoms with Crippen molar-refractivity contribution < 1.29 is 13.9 Å². The molecule has 6 heteroatoms. The van der Waals surface area contributed by atoms with Gasteiger partial charge in [-0.2, -0.15) is 0 Å². The van der Waals surface area contributed by atoms with Gasteiger partial charge in [0.15, 0.2) is 0 Å². The third kappa shape index (κ3) is 4.46. The summed E-state index contributed by atoms with van der Waals surface area (Å²) in [7, 11) is 0. The monoisotopic (exact) mass is 430 g/mol. The first-order valence-electron chi connectivity index (χ1n) is 11.1. The van der Waals surface area contributed by atoms with Gasteiger partial charge in [0, 0.05) is 37.8 Å². The Morgan fingerprint density at radius 2 is 1.66 bits per heavy atom. The molecule has 0 radical (unpaired) electrons. The summed E-state index contributed by atoms with van der Waals surface area (Å²) in [6, 6.07) is 17.2. The highest BCUT2D eigenvalue weighted by atomic mass is 16.5. The van der Waals surface area contributed by atoms with Crippen LogP contribution < -0.4 is 10.2 Å². The first-order chi connectivity index (χ1) is 15.7. The van der Waals surface area contributed by atoms with Gasteiger partial charge in [0.2, 0.25) is 11.2 Å². The fourth-order valence-corrected chi connectivity index (χ4v) is 4.37. The minimum Gasteiger partial charge on any atom is -0.482 e. The molecule has 1 amide bonds. The van der Waals surface area contributed by atoms with Crippen LogP contribution in [-0.4, -0.2) is 28.8 Å². The summed E-state index contributed by atoms with van der Waals surface area (Å²) in [5, 5.41) is 0. The van der Waals surface area contributed by atoms with Crippen LogP contribution in [0.1, 0.15) is 45.7 Å². The van der Waals surface area contributed by atoms with Crippen molar-refractivity contribution in [1.29, 1.82) is 0 Å². The largest absolute Gasteiger partial charge is 0.482 e. The number of amides is 1. The molecule has 0 N–H and O–H groups in total. The lowest BCUT2D eigenvalue weighted by Gasteiger charge is -2.15. The second kappa shape index (κ2) is 9.01. The molecular formula is C26H26N2O4. The molecule has 0 bridgehead atoms. The summed E-state index contributed by atoms with van der Waals surface area (Å²) in [4.78, 5) is 29.1. The zero-order valence-corrected chi connectivity index (χ0v) is 18.0. The third-order valence-electron chi connectivity index (χ3n) is 6.13. The van der Waals surface area contributed by atoms with Crippen LogP contribution in [0.2, 0.25) is 0 Å². The Hall–Kier alpha value is -3.38. The van der Waals surface area contributed by atoms with Gasteiger partial charge in [-0.3, -0.25) is 14.5 Å². The second-order valence-corrected chi connectivity index (χ2v) is 8.47. The SMILES string of the molecule is O=C(c1ccc(COc2coc(CN3Cc4ccccc4C3)cc2=O)cc1)N1CCCC1. The molecule has 5 rings (SSSR count). The van der Waals surface area contributed by atoms with Crippen molar-refractivity contribution in [2.45, 2.75) is 39.1 Å². The number of fused-ring (bicyclic) bond motifs is 1. The Bertz CT molecular complexity index is 1140. The Kier molecular flexibility index (Phi) is 5.77. The Morgan fingerprint density at radius 3 is 2.31 bits per heavy atom. The van der Waals surface area contributed by atoms with Gasteiger partial charge >= 0.3 is 0 Å². The first kappa shape index (κ1) is 20.5. The van der Waals surface area contributed by atoms with E-state index in [4.69, 9.17) is 9.15 Å². The highest BCUT2D eigenvalue weighted by molar-refractivity contribution is 5.94. The second-order valence-electron chi connectivity index (χ2n) is 8.47. The molecule has 2 aliphatic heterocycles. The molecule has 0 aliphatic carbocycles. The smallest absolute Gasteiger partial charge is 0.253 e. The molecule has 2 aromatic carbocycles. The number of carbonyl (C=O) groups is 1. The van der Waals surface area contributed by atoms with Gasteiger partial charge in [-0.15, -0.1) is 0 Å². The maximum absolute atomic E-state index is 12.5. The van der Waals surface area contributed by atoms with E-state index in [-0.39, 0.29) is 23.7 Å². The number of nitrogens with zero attached hydrogens (tertiary/aromatic N) is 2. The van der Waals surface area contributed by atoms with Gasteiger partial charge in [0.05, 0.1) is 6.54 Å². The van der Waals surface area contributed by atoms with Crippen LogP contribution in [0.4, 0.5) is 0 Å². The molecule has 0 spiro atoms. The van der Waals surface area contributed by atoms with Crippen LogP contribution in [0.5, 0.6) is 5.75 Å². The van der Waals surface area contributed by atoms with Gasteiger partial charge in [0.25, 0.3) is 5.91 Å². The molecule has 164 valence electrons. The maximum atomic E-state index is 12.5. The number of ether oxygens (including phenoxy) is 1. The highest BCUT2D eigenvalue weighted by Crippen LogP contribution is 2.24. The predicted octanol–water partition coefficient (Wildman–Crippen LogP) is 3.97. The van der Waals surface area contributed by atoms with E-state index in [1.165, 1.54) is 23.5 Å². The van der Waals surface area contributed by atoms with Gasteiger partial charge in [-0.05, 0) is 41.7 Å². The van der Waals surface area contributed by atoms with Crippen LogP contribution in [0.3, 0.4) is 0 Å². The number of rotatable bonds is 6. The average Bonchev–Trinajstić information content (AvgIpc) is 3.48. The molecule has 1 aromatic heterocycles. The summed E-state index contributed by atoms with van der Waals surface area (Å²) in [6.45, 7) is 4.20. The topological polar surface area (TPSA) is 63.0 Å². The van der Waals surface area contributed by atoms with E-state index in [1.54, 1.807) is 0 Å². The molecular weight excluding hydrogens is 404 g/mol. The van der Waals surface area contributed by atoms with Crippen molar-refractivity contribution in [2.24, 2.45) is 0 Å². The number of hydrogen-bond donors (Lipinski definition) is 0. The molecule has 0 saturated carbocycles. The van der Waals surface area contributed by atoms with Crippen LogP contribution in [0.15, 0.2) is 70.1 Å². The van der Waals surface area contributed by atoms with Crippen LogP contribution >= 0.6 is 0 Å². The number of benzene rings is 2. The van der Waals surface area contributed by atoms with Crippen molar-refractivity contribution >= 4 is 5.91 Å². The molecule has 6 nitrogen and oxygen atoms in total. The van der Waals surface area contributed by atoms with E-state index < -0.39 is 0 Å². The van der Waals surface area contributed by atoms with Gasteiger partial charge in [0.1, 0.15) is 18.6 Å². The van der Waals surface area contributed by atoms with Crippen LogP contribution in [-0.2, 0) is 26.2 Å². The summed E-state index contributed by atoms with van der Waals surface area (Å²) < 4.78 is 11.4. The molecule has 0 unspecified atom stereocenters. The Morgan fingerprint density at radius 1 is 0.969 bits per heavy atom. The number of likely N-dealkylation sites (tertiary alicyclic amines) is 1. The molecule has 1 fully saturated rings. The molecule has 1 saturated heterocycles. The fourth-order valence-electron chi connectivity index (χ4n) is 4.37. The minimum absolute atomic E-state index is 0.0762. The zero-order chi connectivity index (χ0) is 21.9. The van der Waals surface area contributed by atoms with Crippen LogP contribution in [0.25, 0.3) is 0 Å². The van der Waals surface area contributed by atoms with E-state index in [0.29, 0.717) is 17.9 Å². The van der Waals surface area contributed by atoms with E-state index in [0.717, 1.165) is 44.6 Å². The van der Waals surface area contributed by atoms with E-state index >= 15 is 0 Å². The van der Waals surface area contributed by atoms with Crippen molar-refractivity contribution in [3.63, 3.8) is 0 Å². The number of carbonyl (C=O) groups excluding carboxylic acids is 1. The normalized spacial score (nSPS) is 15.7. The summed E-state index contributed by atoms with van der Waals surface area (Å²) in [6.07, 6.45) is 3.54. The van der Waals surface area contributed by atoms with E-state index in [1.807, 2.05) is 41.3 Å². The highest BCUT2D eigenvalue weighted by Gasteiger charge is 2.20. The molecule has 32 heavy (non-hydrogen) atoms. The third-order valence-corrected chi connectivity index (χ3v) is 6.13. The lowest BCUT2D eigenvalue weighted by molar-refractivity contribution is 0.0793. The van der Waals surface area contributed by atoms with Crippen molar-refractivity contribution in [2.75, 3.05) is 13.1 Å². The molecule has 3 aromatic rings. The molecule has 2 aliphatic rings. The quantitative estimate of drug-likeness (QED) is 0.592. The zero-order valence-electron chi connectivity index (χ0n) is 18.0. The maximum Gasteiger partial charge on any atom is 0.253 e. The average molecular weight is 431 g/mol. The Labute approximate surface area is 187 Å². The molecule has 0 atom stereocenters. The number of hydrogen-bond acceptors (Lipinski definition) is 5. The lowest BCUT2D eigenvalue weighted by Crippen LogP contribution is -2.27. The summed E-state index contributed by atoms with van der Waals surface area (Å²) in [5.74, 6) is 0.892. The van der Waals surface area contributed by atoms with E-state index in [9.17, 15) is 9.59 Å². The summed E-state index contributed by atoms with van der Waals surface area (Å²) in [5.41, 5.74) is 4.03. The van der Waals surface area contributed by atoms with Gasteiger partial charge < -0.3 is 14.1 Å². The van der Waals surface area contributed by atoms with Gasteiger partial charge in [-0.25, -0.2) is 0 Å². The predicted molar refractivity (Wildman–Crippen MR) is 120 cm³/mol. The van der Waals surface area contributed by atoms with Crippen molar-refractivity contribution in [3.8, 4) is 5.75 Å². The first-order valence-corrected chi connectivity index (χ1v) is 11.1. The van der Waals surface area contributed by atoms with E-state index in [2.05, 4.69) is 17.0 Å². The van der Waals surface area contributed by atoms with Crippen LogP contribution in [0, 0.1) is 0 Å².